The summed E-state index contributed by atoms with van der Waals surface area (Å²) in [7, 11) is 0. The second-order valence-corrected chi connectivity index (χ2v) is 8.71. The van der Waals surface area contributed by atoms with Crippen LogP contribution < -0.4 is 10.9 Å². The van der Waals surface area contributed by atoms with Gasteiger partial charge in [-0.15, -0.1) is 0 Å². The van der Waals surface area contributed by atoms with Crippen molar-refractivity contribution < 1.29 is 4.79 Å². The Hall–Kier alpha value is -2.51. The number of hydrogen-bond acceptors (Lipinski definition) is 4. The maximum absolute atomic E-state index is 13.2. The second kappa shape index (κ2) is 9.32. The van der Waals surface area contributed by atoms with Crippen molar-refractivity contribution in [2.24, 2.45) is 0 Å². The summed E-state index contributed by atoms with van der Waals surface area (Å²) in [4.78, 5) is 30.3. The van der Waals surface area contributed by atoms with Crippen molar-refractivity contribution in [1.82, 2.24) is 9.55 Å². The molecule has 1 amide bonds. The van der Waals surface area contributed by atoms with Gasteiger partial charge in [-0.3, -0.25) is 14.2 Å². The number of rotatable bonds is 5. The van der Waals surface area contributed by atoms with Gasteiger partial charge in [-0.05, 0) is 54.6 Å². The zero-order valence-electron chi connectivity index (χ0n) is 15.8. The van der Waals surface area contributed by atoms with E-state index in [1.807, 2.05) is 0 Å². The van der Waals surface area contributed by atoms with Crippen molar-refractivity contribution in [3.8, 4) is 5.69 Å². The Balaban J connectivity index is 1.70. The minimum Gasteiger partial charge on any atom is -0.324 e. The van der Waals surface area contributed by atoms with Gasteiger partial charge in [-0.1, -0.05) is 58.7 Å². The molecule has 4 aromatic rings. The number of aromatic nitrogens is 2. The first kappa shape index (κ1) is 21.7. The monoisotopic (exact) mass is 489 g/mol. The molecular weight excluding hydrogens is 477 g/mol. The van der Waals surface area contributed by atoms with Crippen LogP contribution in [0.25, 0.3) is 16.6 Å². The highest BCUT2D eigenvalue weighted by atomic mass is 35.5. The zero-order valence-corrected chi connectivity index (χ0v) is 18.9. The van der Waals surface area contributed by atoms with E-state index in [0.29, 0.717) is 42.5 Å². The SMILES string of the molecule is O=C(CSc1nc2cc(Cl)ccc2c(=O)n1-c1ccc(Cl)cc1)Nc1ccccc1Cl. The molecule has 0 atom stereocenters. The van der Waals surface area contributed by atoms with Gasteiger partial charge in [0, 0.05) is 10.0 Å². The lowest BCUT2D eigenvalue weighted by Gasteiger charge is -2.13. The van der Waals surface area contributed by atoms with Crippen molar-refractivity contribution in [3.05, 3.63) is 92.2 Å². The molecular formula is C22H14Cl3N3O2S. The number of nitrogens with zero attached hydrogens (tertiary/aromatic N) is 2. The third-order valence-corrected chi connectivity index (χ3v) is 6.12. The van der Waals surface area contributed by atoms with Crippen molar-refractivity contribution in [2.75, 3.05) is 11.1 Å². The Morgan fingerprint density at radius 2 is 1.68 bits per heavy atom. The molecule has 0 aliphatic carbocycles. The number of benzene rings is 3. The number of hydrogen-bond donors (Lipinski definition) is 1. The summed E-state index contributed by atoms with van der Waals surface area (Å²) < 4.78 is 1.46. The summed E-state index contributed by atoms with van der Waals surface area (Å²) in [5, 5.41) is 5.00. The Morgan fingerprint density at radius 3 is 2.42 bits per heavy atom. The van der Waals surface area contributed by atoms with Crippen LogP contribution >= 0.6 is 46.6 Å². The third kappa shape index (κ3) is 4.88. The predicted molar refractivity (Wildman–Crippen MR) is 128 cm³/mol. The lowest BCUT2D eigenvalue weighted by atomic mass is 10.2. The number of para-hydroxylation sites is 1. The van der Waals surface area contributed by atoms with Gasteiger partial charge in [-0.2, -0.15) is 0 Å². The van der Waals surface area contributed by atoms with E-state index in [0.717, 1.165) is 11.8 Å². The number of anilines is 1. The van der Waals surface area contributed by atoms with E-state index >= 15 is 0 Å². The smallest absolute Gasteiger partial charge is 0.266 e. The molecule has 0 unspecified atom stereocenters. The highest BCUT2D eigenvalue weighted by Gasteiger charge is 2.16. The molecule has 31 heavy (non-hydrogen) atoms. The van der Waals surface area contributed by atoms with E-state index in [1.165, 1.54) is 4.57 Å². The maximum Gasteiger partial charge on any atom is 0.266 e. The quantitative estimate of drug-likeness (QED) is 0.272. The number of thioether (sulfide) groups is 1. The topological polar surface area (TPSA) is 64.0 Å². The number of amides is 1. The van der Waals surface area contributed by atoms with Crippen LogP contribution in [0.2, 0.25) is 15.1 Å². The largest absolute Gasteiger partial charge is 0.324 e. The molecule has 1 heterocycles. The summed E-state index contributed by atoms with van der Waals surface area (Å²) >= 11 is 19.3. The molecule has 5 nitrogen and oxygen atoms in total. The molecule has 0 aliphatic rings. The molecule has 156 valence electrons. The molecule has 0 spiro atoms. The van der Waals surface area contributed by atoms with Gasteiger partial charge < -0.3 is 5.32 Å². The number of carbonyl (C=O) groups excluding carboxylic acids is 1. The minimum atomic E-state index is -0.277. The highest BCUT2D eigenvalue weighted by molar-refractivity contribution is 7.99. The molecule has 0 bridgehead atoms. The molecule has 0 saturated carbocycles. The third-order valence-electron chi connectivity index (χ3n) is 4.37. The van der Waals surface area contributed by atoms with Crippen molar-refractivity contribution >= 4 is 69.1 Å². The minimum absolute atomic E-state index is 0.0251. The number of halogens is 3. The Kier molecular flexibility index (Phi) is 6.53. The van der Waals surface area contributed by atoms with Crippen LogP contribution in [-0.4, -0.2) is 21.2 Å². The number of fused-ring (bicyclic) bond motifs is 1. The first-order valence-electron chi connectivity index (χ1n) is 9.08. The molecule has 0 radical (unpaired) electrons. The molecule has 0 fully saturated rings. The number of carbonyl (C=O) groups is 1. The van der Waals surface area contributed by atoms with Crippen LogP contribution in [-0.2, 0) is 4.79 Å². The van der Waals surface area contributed by atoms with E-state index in [-0.39, 0.29) is 17.2 Å². The summed E-state index contributed by atoms with van der Waals surface area (Å²) in [5.41, 5.74) is 1.30. The van der Waals surface area contributed by atoms with Crippen molar-refractivity contribution in [2.45, 2.75) is 5.16 Å². The van der Waals surface area contributed by atoms with Gasteiger partial charge in [0.2, 0.25) is 5.91 Å². The molecule has 1 N–H and O–H groups in total. The van der Waals surface area contributed by atoms with Gasteiger partial charge in [0.05, 0.1) is 33.1 Å². The van der Waals surface area contributed by atoms with E-state index < -0.39 is 0 Å². The second-order valence-electron chi connectivity index (χ2n) is 6.49. The van der Waals surface area contributed by atoms with E-state index in [1.54, 1.807) is 66.7 Å². The fourth-order valence-corrected chi connectivity index (χ4v) is 4.22. The number of nitrogens with one attached hydrogen (secondary N) is 1. The molecule has 0 aliphatic heterocycles. The maximum atomic E-state index is 13.2. The standard InChI is InChI=1S/C22H14Cl3N3O2S/c23-13-5-8-15(9-6-13)28-21(30)16-10-7-14(24)11-19(16)27-22(28)31-12-20(29)26-18-4-2-1-3-17(18)25/h1-11H,12H2,(H,26,29). The van der Waals surface area contributed by atoms with Gasteiger partial charge in [0.15, 0.2) is 5.16 Å². The van der Waals surface area contributed by atoms with Gasteiger partial charge in [0.25, 0.3) is 5.56 Å². The van der Waals surface area contributed by atoms with Gasteiger partial charge >= 0.3 is 0 Å². The van der Waals surface area contributed by atoms with Crippen molar-refractivity contribution in [1.29, 1.82) is 0 Å². The fraction of sp³-hybridized carbons (Fsp3) is 0.0455. The summed E-state index contributed by atoms with van der Waals surface area (Å²) in [6.45, 7) is 0. The lowest BCUT2D eigenvalue weighted by molar-refractivity contribution is -0.113. The van der Waals surface area contributed by atoms with E-state index in [9.17, 15) is 9.59 Å². The first-order valence-corrected chi connectivity index (χ1v) is 11.2. The summed E-state index contributed by atoms with van der Waals surface area (Å²) in [5.74, 6) is -0.252. The summed E-state index contributed by atoms with van der Waals surface area (Å²) in [6, 6.07) is 18.7. The molecule has 0 saturated heterocycles. The predicted octanol–water partition coefficient (Wildman–Crippen LogP) is 6.08. The Morgan fingerprint density at radius 1 is 0.968 bits per heavy atom. The van der Waals surface area contributed by atoms with Crippen LogP contribution in [0.1, 0.15) is 0 Å². The van der Waals surface area contributed by atoms with Crippen LogP contribution in [0.3, 0.4) is 0 Å². The molecule has 1 aromatic heterocycles. The highest BCUT2D eigenvalue weighted by Crippen LogP contribution is 2.25. The van der Waals surface area contributed by atoms with E-state index in [2.05, 4.69) is 10.3 Å². The van der Waals surface area contributed by atoms with Gasteiger partial charge in [-0.25, -0.2) is 4.98 Å². The van der Waals surface area contributed by atoms with E-state index in [4.69, 9.17) is 34.8 Å². The average molecular weight is 491 g/mol. The van der Waals surface area contributed by atoms with Crippen LogP contribution in [0.15, 0.2) is 76.7 Å². The van der Waals surface area contributed by atoms with Crippen LogP contribution in [0.5, 0.6) is 0 Å². The average Bonchev–Trinajstić information content (AvgIpc) is 2.75. The fourth-order valence-electron chi connectivity index (χ4n) is 2.93. The zero-order chi connectivity index (χ0) is 22.0. The molecule has 4 rings (SSSR count). The van der Waals surface area contributed by atoms with Crippen LogP contribution in [0.4, 0.5) is 5.69 Å². The molecule has 3 aromatic carbocycles. The van der Waals surface area contributed by atoms with Crippen molar-refractivity contribution in [3.63, 3.8) is 0 Å². The Labute approximate surface area is 197 Å². The first-order chi connectivity index (χ1) is 14.9. The molecule has 9 heteroatoms. The normalized spacial score (nSPS) is 10.9. The van der Waals surface area contributed by atoms with Gasteiger partial charge in [0.1, 0.15) is 0 Å². The van der Waals surface area contributed by atoms with Crippen LogP contribution in [0, 0.1) is 0 Å². The lowest BCUT2D eigenvalue weighted by Crippen LogP contribution is -2.23. The summed E-state index contributed by atoms with van der Waals surface area (Å²) in [6.07, 6.45) is 0. The Bertz CT molecular complexity index is 1340.